The number of ether oxygens (including phenoxy) is 2. The molecule has 8 heteroatoms. The number of aliphatic hydroxyl groups is 2. The first kappa shape index (κ1) is 25.2. The maximum Gasteiger partial charge on any atom is 0.192 e. The summed E-state index contributed by atoms with van der Waals surface area (Å²) in [5, 5.41) is 21.2. The molecule has 2 N–H and O–H groups in total. The van der Waals surface area contributed by atoms with E-state index in [1.54, 1.807) is 0 Å². The van der Waals surface area contributed by atoms with E-state index in [9.17, 15) is 10.2 Å². The van der Waals surface area contributed by atoms with Crippen LogP contribution in [0.15, 0.2) is 0 Å². The van der Waals surface area contributed by atoms with Gasteiger partial charge in [-0.15, -0.1) is 0 Å². The Morgan fingerprint density at radius 3 is 1.74 bits per heavy atom. The number of methoxy groups -OCH3 is 1. The van der Waals surface area contributed by atoms with E-state index >= 15 is 0 Å². The molecule has 1 aliphatic rings. The lowest BCUT2D eigenvalue weighted by atomic mass is 9.99. The molecule has 0 aliphatic carbocycles. The number of hydrogen-bond donors (Lipinski definition) is 2. The van der Waals surface area contributed by atoms with E-state index in [1.807, 2.05) is 0 Å². The summed E-state index contributed by atoms with van der Waals surface area (Å²) in [5.41, 5.74) is 0. The molecule has 0 radical (unpaired) electrons. The Hall–Kier alpha value is 0.194. The van der Waals surface area contributed by atoms with Crippen LogP contribution in [0.3, 0.4) is 0 Å². The molecular weight excluding hydrogens is 380 g/mol. The molecule has 1 rings (SSSR count). The first-order valence-electron chi connectivity index (χ1n) is 9.81. The van der Waals surface area contributed by atoms with E-state index in [1.165, 1.54) is 7.11 Å². The van der Waals surface area contributed by atoms with Crippen molar-refractivity contribution in [3.05, 3.63) is 0 Å². The number of rotatable bonds is 6. The molecule has 0 spiro atoms. The van der Waals surface area contributed by atoms with Gasteiger partial charge >= 0.3 is 0 Å². The highest BCUT2D eigenvalue weighted by Gasteiger charge is 2.50. The number of aliphatic hydroxyl groups excluding tert-OH is 2. The standard InChI is InChI=1S/C19H42O6Si2/c1-18(2,3)26(8,9)23-12-13-16(25-27(10,11)19(4,5)6)14(20)15(21)17(22-7)24-13/h13-17,20-21H,12H2,1-11H3/t13-,14-,15-,16-,17+/m1/s1. The molecule has 162 valence electrons. The van der Waals surface area contributed by atoms with Crippen LogP contribution in [0.4, 0.5) is 0 Å². The summed E-state index contributed by atoms with van der Waals surface area (Å²) in [7, 11) is -2.72. The molecule has 1 saturated heterocycles. The minimum atomic E-state index is -2.19. The van der Waals surface area contributed by atoms with Crippen molar-refractivity contribution in [1.82, 2.24) is 0 Å². The Bertz CT molecular complexity index is 484. The molecule has 6 nitrogen and oxygen atoms in total. The van der Waals surface area contributed by atoms with Gasteiger partial charge in [-0.05, 0) is 36.3 Å². The minimum absolute atomic E-state index is 0.0272. The van der Waals surface area contributed by atoms with Crippen molar-refractivity contribution in [3.8, 4) is 0 Å². The molecule has 0 aromatic rings. The predicted octanol–water partition coefficient (Wildman–Crippen LogP) is 3.49. The van der Waals surface area contributed by atoms with Gasteiger partial charge in [0.15, 0.2) is 22.9 Å². The van der Waals surface area contributed by atoms with Gasteiger partial charge in [-0.25, -0.2) is 0 Å². The highest BCUT2D eigenvalue weighted by Crippen LogP contribution is 2.40. The fourth-order valence-corrected chi connectivity index (χ4v) is 4.74. The summed E-state index contributed by atoms with van der Waals surface area (Å²) in [4.78, 5) is 0. The molecule has 0 saturated carbocycles. The van der Waals surface area contributed by atoms with Crippen molar-refractivity contribution in [2.45, 2.75) is 109 Å². The second-order valence-corrected chi connectivity index (χ2v) is 20.2. The van der Waals surface area contributed by atoms with Gasteiger partial charge in [0, 0.05) is 7.11 Å². The summed E-state index contributed by atoms with van der Waals surface area (Å²) in [6.45, 7) is 21.9. The molecule has 0 aromatic heterocycles. The Balaban J connectivity index is 3.07. The van der Waals surface area contributed by atoms with Crippen molar-refractivity contribution in [3.63, 3.8) is 0 Å². The first-order chi connectivity index (χ1) is 11.9. The Morgan fingerprint density at radius 1 is 0.852 bits per heavy atom. The molecule has 5 atom stereocenters. The van der Waals surface area contributed by atoms with E-state index in [-0.39, 0.29) is 10.1 Å². The third-order valence-electron chi connectivity index (χ3n) is 6.52. The van der Waals surface area contributed by atoms with Gasteiger partial charge in [-0.1, -0.05) is 41.5 Å². The van der Waals surface area contributed by atoms with Gasteiger partial charge in [0.25, 0.3) is 0 Å². The van der Waals surface area contributed by atoms with Gasteiger partial charge in [0.1, 0.15) is 24.4 Å². The van der Waals surface area contributed by atoms with Crippen LogP contribution < -0.4 is 0 Å². The van der Waals surface area contributed by atoms with E-state index < -0.39 is 47.3 Å². The normalized spacial score (nSPS) is 31.2. The summed E-state index contributed by atoms with van der Waals surface area (Å²) in [6, 6.07) is 0. The molecule has 0 unspecified atom stereocenters. The molecule has 0 aromatic carbocycles. The van der Waals surface area contributed by atoms with Crippen LogP contribution in [-0.2, 0) is 18.3 Å². The average molecular weight is 423 g/mol. The summed E-state index contributed by atoms with van der Waals surface area (Å²) >= 11 is 0. The third-order valence-corrected chi connectivity index (χ3v) is 15.5. The van der Waals surface area contributed by atoms with Crippen molar-refractivity contribution in [2.24, 2.45) is 0 Å². The van der Waals surface area contributed by atoms with Crippen LogP contribution in [0.2, 0.25) is 36.3 Å². The zero-order valence-electron chi connectivity index (χ0n) is 19.1. The molecule has 27 heavy (non-hydrogen) atoms. The van der Waals surface area contributed by atoms with Crippen molar-refractivity contribution >= 4 is 16.6 Å². The van der Waals surface area contributed by atoms with Gasteiger partial charge in [0.2, 0.25) is 0 Å². The topological polar surface area (TPSA) is 77.4 Å². The highest BCUT2D eigenvalue weighted by atomic mass is 28.4. The predicted molar refractivity (Wildman–Crippen MR) is 113 cm³/mol. The molecule has 1 aliphatic heterocycles. The highest BCUT2D eigenvalue weighted by molar-refractivity contribution is 6.74. The van der Waals surface area contributed by atoms with Crippen molar-refractivity contribution in [1.29, 1.82) is 0 Å². The molecular formula is C19H42O6Si2. The van der Waals surface area contributed by atoms with Gasteiger partial charge in [-0.2, -0.15) is 0 Å². The van der Waals surface area contributed by atoms with E-state index in [4.69, 9.17) is 18.3 Å². The second kappa shape index (κ2) is 8.51. The minimum Gasteiger partial charge on any atom is -0.414 e. The van der Waals surface area contributed by atoms with Crippen molar-refractivity contribution < 1.29 is 28.5 Å². The summed E-state index contributed by atoms with van der Waals surface area (Å²) in [6.07, 6.45) is -4.30. The van der Waals surface area contributed by atoms with Gasteiger partial charge < -0.3 is 28.5 Å². The van der Waals surface area contributed by atoms with E-state index in [0.29, 0.717) is 6.61 Å². The smallest absolute Gasteiger partial charge is 0.192 e. The van der Waals surface area contributed by atoms with Crippen molar-refractivity contribution in [2.75, 3.05) is 13.7 Å². The maximum atomic E-state index is 10.8. The zero-order chi connectivity index (χ0) is 21.4. The summed E-state index contributed by atoms with van der Waals surface area (Å²) < 4.78 is 24.0. The van der Waals surface area contributed by atoms with Crippen LogP contribution >= 0.6 is 0 Å². The fourth-order valence-electron chi connectivity index (χ4n) is 2.40. The van der Waals surface area contributed by atoms with Crippen LogP contribution in [0.25, 0.3) is 0 Å². The Morgan fingerprint density at radius 2 is 1.33 bits per heavy atom. The maximum absolute atomic E-state index is 10.8. The monoisotopic (exact) mass is 422 g/mol. The van der Waals surface area contributed by atoms with Crippen LogP contribution in [0.5, 0.6) is 0 Å². The molecule has 0 bridgehead atoms. The van der Waals surface area contributed by atoms with E-state index in [2.05, 4.69) is 67.7 Å². The lowest BCUT2D eigenvalue weighted by Gasteiger charge is -2.48. The first-order valence-corrected chi connectivity index (χ1v) is 15.6. The van der Waals surface area contributed by atoms with Crippen LogP contribution in [-0.4, -0.2) is 71.3 Å². The van der Waals surface area contributed by atoms with Crippen LogP contribution in [0.1, 0.15) is 41.5 Å². The van der Waals surface area contributed by atoms with E-state index in [0.717, 1.165) is 0 Å². The third kappa shape index (κ3) is 5.85. The largest absolute Gasteiger partial charge is 0.414 e. The molecule has 1 heterocycles. The van der Waals surface area contributed by atoms with Crippen LogP contribution in [0, 0.1) is 0 Å². The number of hydrogen-bond acceptors (Lipinski definition) is 6. The zero-order valence-corrected chi connectivity index (χ0v) is 21.1. The second-order valence-electron chi connectivity index (χ2n) is 10.7. The summed E-state index contributed by atoms with van der Waals surface area (Å²) in [5.74, 6) is 0. The Labute approximate surface area is 167 Å². The molecule has 0 amide bonds. The fraction of sp³-hybridized carbons (Fsp3) is 1.00. The quantitative estimate of drug-likeness (QED) is 0.638. The lowest BCUT2D eigenvalue weighted by molar-refractivity contribution is -0.291. The lowest BCUT2D eigenvalue weighted by Crippen LogP contribution is -2.63. The molecule has 1 fully saturated rings. The van der Waals surface area contributed by atoms with Gasteiger partial charge in [0.05, 0.1) is 6.61 Å². The SMILES string of the molecule is CO[C@H]1O[C@H](CO[Si](C)(C)C(C)(C)C)[C@@H](O[Si](C)(C)C(C)(C)C)[C@H](O)[C@H]1O. The Kier molecular flexibility index (Phi) is 7.95. The average Bonchev–Trinajstić information content (AvgIpc) is 2.48. The van der Waals surface area contributed by atoms with Gasteiger partial charge in [-0.3, -0.25) is 0 Å².